The fourth-order valence-electron chi connectivity index (χ4n) is 3.20. The number of anilines is 2. The summed E-state index contributed by atoms with van der Waals surface area (Å²) in [6.07, 6.45) is 0. The van der Waals surface area contributed by atoms with Crippen molar-refractivity contribution in [3.05, 3.63) is 59.7 Å². The van der Waals surface area contributed by atoms with E-state index in [1.807, 2.05) is 24.1 Å². The molecule has 1 amide bonds. The Hall–Kier alpha value is -2.37. The number of nitrogens with one attached hydrogen (secondary N) is 1. The van der Waals surface area contributed by atoms with Crippen LogP contribution in [0.4, 0.5) is 11.4 Å². The number of carbonyl (C=O) groups excluding carboxylic acids is 1. The molecule has 0 unspecified atom stereocenters. The number of amides is 1. The van der Waals surface area contributed by atoms with E-state index >= 15 is 0 Å². The predicted octanol–water partition coefficient (Wildman–Crippen LogP) is 2.90. The van der Waals surface area contributed by atoms with E-state index in [-0.39, 0.29) is 5.91 Å². The molecule has 1 aliphatic heterocycles. The Morgan fingerprint density at radius 1 is 1.15 bits per heavy atom. The Morgan fingerprint density at radius 3 is 2.58 bits per heavy atom. The minimum absolute atomic E-state index is 0.000671. The van der Waals surface area contributed by atoms with Gasteiger partial charge in [-0.25, -0.2) is 0 Å². The van der Waals surface area contributed by atoms with Crippen molar-refractivity contribution in [1.29, 1.82) is 0 Å². The van der Waals surface area contributed by atoms with Crippen LogP contribution in [0, 0.1) is 6.92 Å². The lowest BCUT2D eigenvalue weighted by molar-refractivity contribution is -0.117. The Bertz CT molecular complexity index is 724. The van der Waals surface area contributed by atoms with Crippen LogP contribution in [0.25, 0.3) is 0 Å². The first-order chi connectivity index (χ1) is 12.6. The van der Waals surface area contributed by atoms with E-state index in [2.05, 4.69) is 53.5 Å². The molecule has 2 aromatic rings. The molecule has 0 aliphatic carbocycles. The average Bonchev–Trinajstić information content (AvgIpc) is 2.63. The number of ether oxygens (including phenoxy) is 1. The number of hydrogen-bond acceptors (Lipinski definition) is 4. The smallest absolute Gasteiger partial charge is 0.238 e. The second-order valence-corrected chi connectivity index (χ2v) is 6.86. The number of carbonyl (C=O) groups is 1. The van der Waals surface area contributed by atoms with Gasteiger partial charge in [-0.3, -0.25) is 9.69 Å². The van der Waals surface area contributed by atoms with Gasteiger partial charge in [0.25, 0.3) is 0 Å². The van der Waals surface area contributed by atoms with Gasteiger partial charge in [0, 0.05) is 31.0 Å². The molecule has 0 radical (unpaired) electrons. The van der Waals surface area contributed by atoms with Crippen molar-refractivity contribution in [3.63, 3.8) is 0 Å². The van der Waals surface area contributed by atoms with Crippen LogP contribution in [0.5, 0.6) is 0 Å². The second kappa shape index (κ2) is 8.83. The molecule has 0 bridgehead atoms. The van der Waals surface area contributed by atoms with Crippen LogP contribution in [-0.2, 0) is 16.1 Å². The molecule has 5 nitrogen and oxygen atoms in total. The van der Waals surface area contributed by atoms with Crippen molar-refractivity contribution < 1.29 is 9.53 Å². The van der Waals surface area contributed by atoms with Crippen LogP contribution in [-0.4, -0.2) is 50.7 Å². The van der Waals surface area contributed by atoms with Crippen molar-refractivity contribution in [2.75, 3.05) is 50.1 Å². The molecule has 26 heavy (non-hydrogen) atoms. The Kier molecular flexibility index (Phi) is 6.26. The lowest BCUT2D eigenvalue weighted by atomic mass is 10.1. The van der Waals surface area contributed by atoms with Crippen molar-refractivity contribution in [1.82, 2.24) is 4.90 Å². The molecule has 1 heterocycles. The zero-order chi connectivity index (χ0) is 18.4. The third-order valence-corrected chi connectivity index (χ3v) is 4.48. The Morgan fingerprint density at radius 2 is 1.88 bits per heavy atom. The molecule has 0 atom stereocenters. The molecule has 1 N–H and O–H groups in total. The molecule has 138 valence electrons. The van der Waals surface area contributed by atoms with E-state index in [0.29, 0.717) is 6.54 Å². The van der Waals surface area contributed by atoms with Gasteiger partial charge >= 0.3 is 0 Å². The van der Waals surface area contributed by atoms with Gasteiger partial charge in [0.2, 0.25) is 5.91 Å². The fraction of sp³-hybridized carbons (Fsp3) is 0.381. The van der Waals surface area contributed by atoms with Crippen LogP contribution in [0.2, 0.25) is 0 Å². The summed E-state index contributed by atoms with van der Waals surface area (Å²) in [7, 11) is 1.96. The van der Waals surface area contributed by atoms with Crippen LogP contribution in [0.15, 0.2) is 48.5 Å². The van der Waals surface area contributed by atoms with Crippen molar-refractivity contribution in [2.45, 2.75) is 13.5 Å². The molecule has 1 aliphatic rings. The first-order valence-electron chi connectivity index (χ1n) is 9.07. The molecule has 0 aromatic heterocycles. The standard InChI is InChI=1S/C21H27N3O2/c1-17-4-3-5-18(14-17)15-23(2)16-21(25)22-19-6-8-20(9-7-19)24-10-12-26-13-11-24/h3-9,14H,10-13,15-16H2,1-2H3,(H,22,25). The summed E-state index contributed by atoms with van der Waals surface area (Å²) < 4.78 is 5.38. The first kappa shape index (κ1) is 18.4. The summed E-state index contributed by atoms with van der Waals surface area (Å²) in [6.45, 7) is 6.56. The van der Waals surface area contributed by atoms with E-state index in [9.17, 15) is 4.79 Å². The number of rotatable bonds is 6. The minimum atomic E-state index is -0.000671. The number of aryl methyl sites for hydroxylation is 1. The molecular formula is C21H27N3O2. The highest BCUT2D eigenvalue weighted by molar-refractivity contribution is 5.92. The molecule has 1 fully saturated rings. The fourth-order valence-corrected chi connectivity index (χ4v) is 3.20. The molecule has 2 aromatic carbocycles. The van der Waals surface area contributed by atoms with Crippen LogP contribution < -0.4 is 10.2 Å². The summed E-state index contributed by atoms with van der Waals surface area (Å²) in [5.74, 6) is -0.000671. The average molecular weight is 353 g/mol. The minimum Gasteiger partial charge on any atom is -0.378 e. The summed E-state index contributed by atoms with van der Waals surface area (Å²) in [5.41, 5.74) is 4.45. The van der Waals surface area contributed by atoms with Crippen LogP contribution in [0.3, 0.4) is 0 Å². The van der Waals surface area contributed by atoms with Crippen LogP contribution in [0.1, 0.15) is 11.1 Å². The molecule has 5 heteroatoms. The third kappa shape index (κ3) is 5.31. The Balaban J connectivity index is 1.49. The molecule has 3 rings (SSSR count). The van der Waals surface area contributed by atoms with Gasteiger partial charge < -0.3 is 15.0 Å². The topological polar surface area (TPSA) is 44.8 Å². The number of likely N-dealkylation sites (N-methyl/N-ethyl adjacent to an activating group) is 1. The zero-order valence-electron chi connectivity index (χ0n) is 15.6. The summed E-state index contributed by atoms with van der Waals surface area (Å²) in [4.78, 5) is 16.6. The summed E-state index contributed by atoms with van der Waals surface area (Å²) in [5, 5.41) is 2.98. The lowest BCUT2D eigenvalue weighted by Gasteiger charge is -2.28. The quantitative estimate of drug-likeness (QED) is 0.867. The predicted molar refractivity (Wildman–Crippen MR) is 106 cm³/mol. The normalized spacial score (nSPS) is 14.5. The summed E-state index contributed by atoms with van der Waals surface area (Å²) >= 11 is 0. The van der Waals surface area contributed by atoms with Gasteiger partial charge in [-0.2, -0.15) is 0 Å². The molecule has 1 saturated heterocycles. The van der Waals surface area contributed by atoms with E-state index in [1.54, 1.807) is 0 Å². The largest absolute Gasteiger partial charge is 0.378 e. The van der Waals surface area contributed by atoms with Crippen molar-refractivity contribution in [3.8, 4) is 0 Å². The zero-order valence-corrected chi connectivity index (χ0v) is 15.6. The van der Waals surface area contributed by atoms with Gasteiger partial charge in [-0.05, 0) is 43.8 Å². The Labute approximate surface area is 155 Å². The lowest BCUT2D eigenvalue weighted by Crippen LogP contribution is -2.36. The van der Waals surface area contributed by atoms with E-state index in [4.69, 9.17) is 4.74 Å². The number of morpholine rings is 1. The first-order valence-corrected chi connectivity index (χ1v) is 9.07. The highest BCUT2D eigenvalue weighted by Crippen LogP contribution is 2.19. The third-order valence-electron chi connectivity index (χ3n) is 4.48. The SMILES string of the molecule is Cc1cccc(CN(C)CC(=O)Nc2ccc(N3CCOCC3)cc2)c1. The van der Waals surface area contributed by atoms with E-state index in [0.717, 1.165) is 38.5 Å². The van der Waals surface area contributed by atoms with Crippen LogP contribution >= 0.6 is 0 Å². The van der Waals surface area contributed by atoms with Gasteiger partial charge in [-0.1, -0.05) is 29.8 Å². The van der Waals surface area contributed by atoms with Crippen molar-refractivity contribution >= 4 is 17.3 Å². The molecule has 0 spiro atoms. The van der Waals surface area contributed by atoms with Crippen molar-refractivity contribution in [2.24, 2.45) is 0 Å². The molecular weight excluding hydrogens is 326 g/mol. The highest BCUT2D eigenvalue weighted by Gasteiger charge is 2.12. The maximum absolute atomic E-state index is 12.3. The molecule has 0 saturated carbocycles. The maximum Gasteiger partial charge on any atom is 0.238 e. The number of hydrogen-bond donors (Lipinski definition) is 1. The summed E-state index contributed by atoms with van der Waals surface area (Å²) in [6, 6.07) is 16.4. The van der Waals surface area contributed by atoms with E-state index < -0.39 is 0 Å². The maximum atomic E-state index is 12.3. The number of nitrogens with zero attached hydrogens (tertiary/aromatic N) is 2. The number of benzene rings is 2. The monoisotopic (exact) mass is 353 g/mol. The van der Waals surface area contributed by atoms with Gasteiger partial charge in [0.1, 0.15) is 0 Å². The van der Waals surface area contributed by atoms with Gasteiger partial charge in [0.15, 0.2) is 0 Å². The van der Waals surface area contributed by atoms with Gasteiger partial charge in [0.05, 0.1) is 19.8 Å². The second-order valence-electron chi connectivity index (χ2n) is 6.86. The highest BCUT2D eigenvalue weighted by atomic mass is 16.5. The van der Waals surface area contributed by atoms with E-state index in [1.165, 1.54) is 16.8 Å². The van der Waals surface area contributed by atoms with Gasteiger partial charge in [-0.15, -0.1) is 0 Å².